The molecule has 1 heterocycles. The van der Waals surface area contributed by atoms with Crippen LogP contribution in [0.2, 0.25) is 5.02 Å². The summed E-state index contributed by atoms with van der Waals surface area (Å²) >= 11 is 5.96. The molecule has 0 spiro atoms. The van der Waals surface area contributed by atoms with Gasteiger partial charge in [0.25, 0.3) is 0 Å². The second kappa shape index (κ2) is 7.94. The van der Waals surface area contributed by atoms with Gasteiger partial charge in [0.05, 0.1) is 10.6 Å². The second-order valence-electron chi connectivity index (χ2n) is 7.05. The lowest BCUT2D eigenvalue weighted by molar-refractivity contribution is -0.121. The van der Waals surface area contributed by atoms with E-state index in [2.05, 4.69) is 4.72 Å². The van der Waals surface area contributed by atoms with E-state index in [9.17, 15) is 22.0 Å². The number of carbonyl (C=O) groups is 1. The van der Waals surface area contributed by atoms with Crippen LogP contribution in [0.25, 0.3) is 10.8 Å². The predicted octanol–water partition coefficient (Wildman–Crippen LogP) is 4.25. The number of halogens is 3. The summed E-state index contributed by atoms with van der Waals surface area (Å²) in [7, 11) is -4.00. The number of piperidine rings is 1. The number of hydrogen-bond donors (Lipinski definition) is 1. The van der Waals surface area contributed by atoms with E-state index in [1.807, 2.05) is 0 Å². The molecule has 0 bridgehead atoms. The van der Waals surface area contributed by atoms with Crippen LogP contribution in [0.15, 0.2) is 59.5 Å². The Kier molecular flexibility index (Phi) is 5.48. The standard InChI is InChI=1S/C21H17ClF2N2O3S/c22-15-5-3-14-11-17(7-4-13(14)10-15)30(28,29)25-19-2-1-9-26(21(19)27)20-8-6-16(23)12-18(20)24/h3-8,10-12,19,25H,1-2,9H2. The summed E-state index contributed by atoms with van der Waals surface area (Å²) in [6.45, 7) is 0.219. The molecule has 9 heteroatoms. The third-order valence-corrected chi connectivity index (χ3v) is 6.73. The number of fused-ring (bicyclic) bond motifs is 1. The molecule has 3 aromatic rings. The summed E-state index contributed by atoms with van der Waals surface area (Å²) in [5, 5.41) is 2.01. The van der Waals surface area contributed by atoms with Gasteiger partial charge in [0.2, 0.25) is 15.9 Å². The summed E-state index contributed by atoms with van der Waals surface area (Å²) in [6, 6.07) is 11.5. The van der Waals surface area contributed by atoms with Crippen molar-refractivity contribution in [2.75, 3.05) is 11.4 Å². The molecule has 1 N–H and O–H groups in total. The van der Waals surface area contributed by atoms with E-state index in [4.69, 9.17) is 11.6 Å². The molecule has 0 radical (unpaired) electrons. The largest absolute Gasteiger partial charge is 0.308 e. The zero-order chi connectivity index (χ0) is 21.5. The number of benzene rings is 3. The molecule has 1 aliphatic rings. The number of sulfonamides is 1. The maximum atomic E-state index is 14.1. The van der Waals surface area contributed by atoms with Crippen molar-refractivity contribution in [2.45, 2.75) is 23.8 Å². The van der Waals surface area contributed by atoms with Gasteiger partial charge in [-0.05, 0) is 60.0 Å². The molecule has 1 atom stereocenters. The van der Waals surface area contributed by atoms with Crippen LogP contribution in [-0.4, -0.2) is 26.9 Å². The van der Waals surface area contributed by atoms with Crippen LogP contribution in [0.5, 0.6) is 0 Å². The van der Waals surface area contributed by atoms with Gasteiger partial charge in [0.15, 0.2) is 0 Å². The van der Waals surface area contributed by atoms with E-state index in [0.717, 1.165) is 16.4 Å². The molecule has 3 aromatic carbocycles. The molecule has 0 aromatic heterocycles. The predicted molar refractivity (Wildman–Crippen MR) is 111 cm³/mol. The van der Waals surface area contributed by atoms with Gasteiger partial charge >= 0.3 is 0 Å². The fraction of sp³-hybridized carbons (Fsp3) is 0.190. The minimum Gasteiger partial charge on any atom is -0.308 e. The van der Waals surface area contributed by atoms with Crippen LogP contribution < -0.4 is 9.62 Å². The van der Waals surface area contributed by atoms with Crippen molar-refractivity contribution < 1.29 is 22.0 Å². The quantitative estimate of drug-likeness (QED) is 0.646. The molecule has 0 aliphatic carbocycles. The number of amides is 1. The summed E-state index contributed by atoms with van der Waals surface area (Å²) in [6.07, 6.45) is 0.743. The van der Waals surface area contributed by atoms with Crippen LogP contribution in [0.3, 0.4) is 0 Å². The summed E-state index contributed by atoms with van der Waals surface area (Å²) < 4.78 is 55.5. The van der Waals surface area contributed by atoms with Gasteiger partial charge in [0, 0.05) is 17.6 Å². The first-order valence-corrected chi connectivity index (χ1v) is 11.1. The average molecular weight is 451 g/mol. The molecule has 30 heavy (non-hydrogen) atoms. The van der Waals surface area contributed by atoms with E-state index in [1.54, 1.807) is 24.3 Å². The van der Waals surface area contributed by atoms with Gasteiger partial charge in [-0.3, -0.25) is 4.79 Å². The fourth-order valence-electron chi connectivity index (χ4n) is 3.54. The van der Waals surface area contributed by atoms with Crippen LogP contribution >= 0.6 is 11.6 Å². The highest BCUT2D eigenvalue weighted by Gasteiger charge is 2.34. The third-order valence-electron chi connectivity index (χ3n) is 5.02. The molecule has 156 valence electrons. The Morgan fingerprint density at radius 2 is 1.73 bits per heavy atom. The summed E-state index contributed by atoms with van der Waals surface area (Å²) in [5.41, 5.74) is -0.0760. The molecule has 1 aliphatic heterocycles. The Morgan fingerprint density at radius 1 is 1.00 bits per heavy atom. The van der Waals surface area contributed by atoms with E-state index in [0.29, 0.717) is 22.9 Å². The average Bonchev–Trinajstić information content (AvgIpc) is 2.69. The van der Waals surface area contributed by atoms with Crippen LogP contribution in [-0.2, 0) is 14.8 Å². The minimum absolute atomic E-state index is 0.00945. The molecule has 0 saturated carbocycles. The molecule has 1 unspecified atom stereocenters. The highest BCUT2D eigenvalue weighted by Crippen LogP contribution is 2.27. The zero-order valence-electron chi connectivity index (χ0n) is 15.6. The Hall–Kier alpha value is -2.55. The van der Waals surface area contributed by atoms with Gasteiger partial charge in [-0.2, -0.15) is 4.72 Å². The first-order chi connectivity index (χ1) is 14.2. The Morgan fingerprint density at radius 3 is 2.50 bits per heavy atom. The van der Waals surface area contributed by atoms with E-state index < -0.39 is 33.6 Å². The molecule has 1 fully saturated rings. The maximum absolute atomic E-state index is 14.1. The summed E-state index contributed by atoms with van der Waals surface area (Å²) in [4.78, 5) is 14.0. The Bertz CT molecular complexity index is 1250. The Labute approximate surface area is 177 Å². The van der Waals surface area contributed by atoms with Crippen molar-refractivity contribution >= 4 is 44.0 Å². The molecule has 4 rings (SSSR count). The molecule has 1 saturated heterocycles. The van der Waals surface area contributed by atoms with Crippen molar-refractivity contribution in [1.82, 2.24) is 4.72 Å². The molecular formula is C21H17ClF2N2O3S. The number of hydrogen-bond acceptors (Lipinski definition) is 3. The monoisotopic (exact) mass is 450 g/mol. The lowest BCUT2D eigenvalue weighted by Gasteiger charge is -2.32. The number of rotatable bonds is 4. The van der Waals surface area contributed by atoms with Crippen LogP contribution in [0, 0.1) is 11.6 Å². The lowest BCUT2D eigenvalue weighted by atomic mass is 10.0. The Balaban J connectivity index is 1.59. The highest BCUT2D eigenvalue weighted by atomic mass is 35.5. The van der Waals surface area contributed by atoms with Crippen LogP contribution in [0.1, 0.15) is 12.8 Å². The number of nitrogens with zero attached hydrogens (tertiary/aromatic N) is 1. The van der Waals surface area contributed by atoms with Gasteiger partial charge in [-0.15, -0.1) is 0 Å². The van der Waals surface area contributed by atoms with Crippen molar-refractivity contribution in [3.63, 3.8) is 0 Å². The van der Waals surface area contributed by atoms with Crippen molar-refractivity contribution in [3.8, 4) is 0 Å². The third kappa shape index (κ3) is 4.03. The van der Waals surface area contributed by atoms with E-state index in [1.165, 1.54) is 18.2 Å². The number of carbonyl (C=O) groups excluding carboxylic acids is 1. The highest BCUT2D eigenvalue weighted by molar-refractivity contribution is 7.89. The van der Waals surface area contributed by atoms with Gasteiger partial charge in [-0.1, -0.05) is 23.7 Å². The smallest absolute Gasteiger partial charge is 0.245 e. The van der Waals surface area contributed by atoms with Crippen molar-refractivity contribution in [1.29, 1.82) is 0 Å². The van der Waals surface area contributed by atoms with Gasteiger partial charge in [0.1, 0.15) is 17.7 Å². The topological polar surface area (TPSA) is 66.5 Å². The molecule has 5 nitrogen and oxygen atoms in total. The number of anilines is 1. The van der Waals surface area contributed by atoms with E-state index >= 15 is 0 Å². The molecular weight excluding hydrogens is 434 g/mol. The lowest BCUT2D eigenvalue weighted by Crippen LogP contribution is -2.52. The SMILES string of the molecule is O=C1C(NS(=O)(=O)c2ccc3cc(Cl)ccc3c2)CCCN1c1ccc(F)cc1F. The van der Waals surface area contributed by atoms with Crippen molar-refractivity contribution in [3.05, 3.63) is 71.3 Å². The zero-order valence-corrected chi connectivity index (χ0v) is 17.2. The normalized spacial score (nSPS) is 17.5. The van der Waals surface area contributed by atoms with E-state index in [-0.39, 0.29) is 23.5 Å². The first-order valence-electron chi connectivity index (χ1n) is 9.23. The fourth-order valence-corrected chi connectivity index (χ4v) is 4.98. The minimum atomic E-state index is -4.00. The van der Waals surface area contributed by atoms with Crippen LogP contribution in [0.4, 0.5) is 14.5 Å². The summed E-state index contributed by atoms with van der Waals surface area (Å²) in [5.74, 6) is -2.21. The first kappa shape index (κ1) is 20.7. The number of nitrogens with one attached hydrogen (secondary N) is 1. The van der Waals surface area contributed by atoms with Crippen molar-refractivity contribution in [2.24, 2.45) is 0 Å². The van der Waals surface area contributed by atoms with Gasteiger partial charge in [-0.25, -0.2) is 17.2 Å². The maximum Gasteiger partial charge on any atom is 0.245 e. The molecule has 1 amide bonds. The van der Waals surface area contributed by atoms with Gasteiger partial charge < -0.3 is 4.90 Å². The second-order valence-corrected chi connectivity index (χ2v) is 9.21.